The number of amides is 1. The Labute approximate surface area is 114 Å². The molecule has 2 rings (SSSR count). The molecule has 1 aliphatic rings. The lowest BCUT2D eigenvalue weighted by molar-refractivity contribution is -0.141. The number of carbonyl (C=O) groups is 2. The molecule has 1 aromatic carbocycles. The maximum absolute atomic E-state index is 12.1. The Bertz CT molecular complexity index is 480. The van der Waals surface area contributed by atoms with Gasteiger partial charge in [0.05, 0.1) is 5.41 Å². The maximum Gasteiger partial charge on any atom is 0.325 e. The Hall–Kier alpha value is -1.36. The maximum atomic E-state index is 12.1. The molecule has 5 heteroatoms. The van der Waals surface area contributed by atoms with E-state index in [4.69, 9.17) is 5.11 Å². The van der Waals surface area contributed by atoms with Crippen molar-refractivity contribution in [3.05, 3.63) is 34.3 Å². The molecule has 0 saturated heterocycles. The van der Waals surface area contributed by atoms with Gasteiger partial charge in [-0.05, 0) is 37.5 Å². The molecular weight excluding hydrogens is 298 g/mol. The summed E-state index contributed by atoms with van der Waals surface area (Å²) in [4.78, 5) is 22.9. The Morgan fingerprint density at radius 2 is 1.89 bits per heavy atom. The average Bonchev–Trinajstić information content (AvgIpc) is 3.11. The molecule has 1 atom stereocenters. The van der Waals surface area contributed by atoms with Crippen molar-refractivity contribution in [1.29, 1.82) is 0 Å². The van der Waals surface area contributed by atoms with E-state index in [1.165, 1.54) is 6.92 Å². The summed E-state index contributed by atoms with van der Waals surface area (Å²) in [6, 6.07) is 6.74. The van der Waals surface area contributed by atoms with Crippen LogP contribution in [0, 0.1) is 0 Å². The number of hydrogen-bond donors (Lipinski definition) is 2. The van der Waals surface area contributed by atoms with E-state index in [9.17, 15) is 9.59 Å². The molecule has 0 aliphatic heterocycles. The van der Waals surface area contributed by atoms with Crippen molar-refractivity contribution in [3.8, 4) is 0 Å². The summed E-state index contributed by atoms with van der Waals surface area (Å²) < 4.78 is 0.960. The first kappa shape index (κ1) is 13.1. The van der Waals surface area contributed by atoms with Crippen molar-refractivity contribution in [1.82, 2.24) is 5.32 Å². The second-order valence-electron chi connectivity index (χ2n) is 4.62. The van der Waals surface area contributed by atoms with Crippen molar-refractivity contribution >= 4 is 27.8 Å². The highest BCUT2D eigenvalue weighted by Crippen LogP contribution is 2.48. The van der Waals surface area contributed by atoms with Crippen LogP contribution in [0.5, 0.6) is 0 Å². The molecular formula is C13H14BrNO3. The van der Waals surface area contributed by atoms with Crippen LogP contribution in [-0.2, 0) is 15.0 Å². The van der Waals surface area contributed by atoms with Crippen molar-refractivity contribution in [3.63, 3.8) is 0 Å². The number of carbonyl (C=O) groups excluding carboxylic acids is 1. The second kappa shape index (κ2) is 4.72. The van der Waals surface area contributed by atoms with Gasteiger partial charge < -0.3 is 10.4 Å². The first-order valence-electron chi connectivity index (χ1n) is 5.75. The summed E-state index contributed by atoms with van der Waals surface area (Å²) >= 11 is 3.35. The van der Waals surface area contributed by atoms with Gasteiger partial charge in [0.2, 0.25) is 5.91 Å². The summed E-state index contributed by atoms with van der Waals surface area (Å²) in [5, 5.41) is 11.3. The molecule has 2 N–H and O–H groups in total. The minimum absolute atomic E-state index is 0.195. The van der Waals surface area contributed by atoms with Gasteiger partial charge in [0.25, 0.3) is 0 Å². The number of benzene rings is 1. The zero-order valence-electron chi connectivity index (χ0n) is 9.94. The molecule has 1 aromatic rings. The number of carboxylic acids is 1. The summed E-state index contributed by atoms with van der Waals surface area (Å²) in [6.07, 6.45) is 1.54. The van der Waals surface area contributed by atoms with E-state index in [0.29, 0.717) is 0 Å². The minimum atomic E-state index is -1.02. The molecule has 0 radical (unpaired) electrons. The van der Waals surface area contributed by atoms with Crippen LogP contribution in [0.25, 0.3) is 0 Å². The Balaban J connectivity index is 2.14. The van der Waals surface area contributed by atoms with Crippen LogP contribution in [0.4, 0.5) is 0 Å². The number of hydrogen-bond acceptors (Lipinski definition) is 2. The van der Waals surface area contributed by atoms with E-state index in [0.717, 1.165) is 22.9 Å². The molecule has 0 aromatic heterocycles. The normalized spacial score (nSPS) is 17.9. The molecule has 1 aliphatic carbocycles. The first-order chi connectivity index (χ1) is 8.45. The molecule has 18 heavy (non-hydrogen) atoms. The zero-order valence-corrected chi connectivity index (χ0v) is 11.5. The number of carboxylic acid groups (broad SMARTS) is 1. The van der Waals surface area contributed by atoms with Gasteiger partial charge >= 0.3 is 5.97 Å². The summed E-state index contributed by atoms with van der Waals surface area (Å²) in [5.41, 5.74) is 0.422. The highest BCUT2D eigenvalue weighted by Gasteiger charge is 2.51. The van der Waals surface area contributed by atoms with Crippen LogP contribution in [0.3, 0.4) is 0 Å². The Morgan fingerprint density at radius 3 is 2.33 bits per heavy atom. The average molecular weight is 312 g/mol. The van der Waals surface area contributed by atoms with Gasteiger partial charge in [0.15, 0.2) is 0 Å². The van der Waals surface area contributed by atoms with Gasteiger partial charge in [-0.25, -0.2) is 0 Å². The Kier molecular flexibility index (Phi) is 3.43. The van der Waals surface area contributed by atoms with Crippen molar-refractivity contribution < 1.29 is 14.7 Å². The smallest absolute Gasteiger partial charge is 0.325 e. The van der Waals surface area contributed by atoms with Crippen LogP contribution >= 0.6 is 15.9 Å². The van der Waals surface area contributed by atoms with Crippen molar-refractivity contribution in [2.45, 2.75) is 31.2 Å². The summed E-state index contributed by atoms with van der Waals surface area (Å²) in [5.74, 6) is -1.21. The third-order valence-electron chi connectivity index (χ3n) is 3.30. The monoisotopic (exact) mass is 311 g/mol. The minimum Gasteiger partial charge on any atom is -0.480 e. The van der Waals surface area contributed by atoms with E-state index in [1.54, 1.807) is 0 Å². The van der Waals surface area contributed by atoms with Crippen LogP contribution < -0.4 is 5.32 Å². The molecule has 0 heterocycles. The fraction of sp³-hybridized carbons (Fsp3) is 0.385. The molecule has 4 nitrogen and oxygen atoms in total. The summed E-state index contributed by atoms with van der Waals surface area (Å²) in [6.45, 7) is 1.47. The Morgan fingerprint density at radius 1 is 1.33 bits per heavy atom. The standard InChI is InChI=1S/C13H14BrNO3/c1-8(11(16)17)15-12(18)13(6-7-13)9-2-4-10(14)5-3-9/h2-5,8H,6-7H2,1H3,(H,15,18)(H,16,17)/t8-/m1/s1. The van der Waals surface area contributed by atoms with Gasteiger partial charge in [0, 0.05) is 4.47 Å². The molecule has 1 amide bonds. The lowest BCUT2D eigenvalue weighted by atomic mass is 9.95. The zero-order chi connectivity index (χ0) is 13.3. The third kappa shape index (κ3) is 2.41. The fourth-order valence-electron chi connectivity index (χ4n) is 1.94. The van der Waals surface area contributed by atoms with Crippen molar-refractivity contribution in [2.24, 2.45) is 0 Å². The quantitative estimate of drug-likeness (QED) is 0.894. The largest absolute Gasteiger partial charge is 0.480 e. The highest BCUT2D eigenvalue weighted by atomic mass is 79.9. The molecule has 0 spiro atoms. The van der Waals surface area contributed by atoms with Crippen LogP contribution in [0.15, 0.2) is 28.7 Å². The summed E-state index contributed by atoms with van der Waals surface area (Å²) in [7, 11) is 0. The van der Waals surface area contributed by atoms with Gasteiger partial charge in [-0.1, -0.05) is 28.1 Å². The predicted octanol–water partition coefficient (Wildman–Crippen LogP) is 2.07. The van der Waals surface area contributed by atoms with Gasteiger partial charge in [-0.3, -0.25) is 9.59 Å². The molecule has 1 fully saturated rings. The number of rotatable bonds is 4. The predicted molar refractivity (Wildman–Crippen MR) is 70.3 cm³/mol. The van der Waals surface area contributed by atoms with E-state index in [2.05, 4.69) is 21.2 Å². The van der Waals surface area contributed by atoms with Crippen molar-refractivity contribution in [2.75, 3.05) is 0 Å². The number of nitrogens with one attached hydrogen (secondary N) is 1. The lowest BCUT2D eigenvalue weighted by Crippen LogP contribution is -2.43. The lowest BCUT2D eigenvalue weighted by Gasteiger charge is -2.18. The van der Waals surface area contributed by atoms with E-state index in [-0.39, 0.29) is 5.91 Å². The molecule has 0 bridgehead atoms. The van der Waals surface area contributed by atoms with Crippen LogP contribution in [0.1, 0.15) is 25.3 Å². The van der Waals surface area contributed by atoms with Gasteiger partial charge in [-0.2, -0.15) is 0 Å². The first-order valence-corrected chi connectivity index (χ1v) is 6.55. The highest BCUT2D eigenvalue weighted by molar-refractivity contribution is 9.10. The number of aliphatic carboxylic acids is 1. The number of halogens is 1. The van der Waals surface area contributed by atoms with E-state index >= 15 is 0 Å². The van der Waals surface area contributed by atoms with Crippen LogP contribution in [0.2, 0.25) is 0 Å². The third-order valence-corrected chi connectivity index (χ3v) is 3.83. The molecule has 0 unspecified atom stereocenters. The van der Waals surface area contributed by atoms with E-state index in [1.807, 2.05) is 24.3 Å². The molecule has 1 saturated carbocycles. The van der Waals surface area contributed by atoms with E-state index < -0.39 is 17.4 Å². The SMILES string of the molecule is C[C@@H](NC(=O)C1(c2ccc(Br)cc2)CC1)C(=O)O. The second-order valence-corrected chi connectivity index (χ2v) is 5.54. The van der Waals surface area contributed by atoms with Gasteiger partial charge in [-0.15, -0.1) is 0 Å². The van der Waals surface area contributed by atoms with Crippen LogP contribution in [-0.4, -0.2) is 23.0 Å². The topological polar surface area (TPSA) is 66.4 Å². The van der Waals surface area contributed by atoms with Gasteiger partial charge in [0.1, 0.15) is 6.04 Å². The molecule has 96 valence electrons. The fourth-order valence-corrected chi connectivity index (χ4v) is 2.20.